The largest absolute Gasteiger partial charge is 0.359 e. The maximum absolute atomic E-state index is 11.6. The van der Waals surface area contributed by atoms with E-state index < -0.39 is 0 Å². The lowest BCUT2D eigenvalue weighted by atomic mass is 10.1. The Morgan fingerprint density at radius 1 is 1.73 bits per heavy atom. The second-order valence-corrected chi connectivity index (χ2v) is 3.78. The summed E-state index contributed by atoms with van der Waals surface area (Å²) in [7, 11) is 1.64. The van der Waals surface area contributed by atoms with Crippen molar-refractivity contribution in [1.29, 1.82) is 0 Å². The Labute approximate surface area is 88.4 Å². The second kappa shape index (κ2) is 3.92. The summed E-state index contributed by atoms with van der Waals surface area (Å²) in [6.07, 6.45) is 1.96. The predicted molar refractivity (Wildman–Crippen MR) is 54.4 cm³/mol. The number of amides is 2. The fourth-order valence-electron chi connectivity index (χ4n) is 1.99. The number of aromatic nitrogens is 1. The number of carbonyl (C=O) groups excluding carboxylic acids is 1. The summed E-state index contributed by atoms with van der Waals surface area (Å²) in [5.74, 6) is 0.786. The van der Waals surface area contributed by atoms with Crippen LogP contribution >= 0.6 is 0 Å². The number of aryl methyl sites for hydroxylation is 1. The molecule has 15 heavy (non-hydrogen) atoms. The number of likely N-dealkylation sites (tertiary alicyclic amines) is 1. The minimum Gasteiger partial charge on any atom is -0.359 e. The number of urea groups is 1. The molecule has 2 rings (SSSR count). The van der Waals surface area contributed by atoms with Crippen LogP contribution in [0.4, 0.5) is 4.79 Å². The highest BCUT2D eigenvalue weighted by atomic mass is 16.5. The molecule has 0 spiro atoms. The van der Waals surface area contributed by atoms with Crippen LogP contribution in [0.2, 0.25) is 0 Å². The highest BCUT2D eigenvalue weighted by Crippen LogP contribution is 2.31. The molecule has 1 N–H and O–H groups in total. The van der Waals surface area contributed by atoms with E-state index in [2.05, 4.69) is 10.5 Å². The third kappa shape index (κ3) is 1.82. The molecule has 2 heterocycles. The average molecular weight is 209 g/mol. The lowest BCUT2D eigenvalue weighted by molar-refractivity contribution is 0.184. The SMILES string of the molecule is CNC(=O)N1CCCC1c1cc(C)no1. The fraction of sp³-hybridized carbons (Fsp3) is 0.600. The van der Waals surface area contributed by atoms with Crippen LogP contribution in [0, 0.1) is 6.92 Å². The first-order chi connectivity index (χ1) is 7.22. The number of carbonyl (C=O) groups is 1. The Morgan fingerprint density at radius 2 is 2.53 bits per heavy atom. The van der Waals surface area contributed by atoms with Gasteiger partial charge in [0.25, 0.3) is 0 Å². The molecular formula is C10H15N3O2. The topological polar surface area (TPSA) is 58.4 Å². The van der Waals surface area contributed by atoms with E-state index >= 15 is 0 Å². The second-order valence-electron chi connectivity index (χ2n) is 3.78. The summed E-state index contributed by atoms with van der Waals surface area (Å²) in [6.45, 7) is 2.66. The molecule has 1 aliphatic rings. The van der Waals surface area contributed by atoms with Crippen LogP contribution in [0.15, 0.2) is 10.6 Å². The molecule has 1 fully saturated rings. The van der Waals surface area contributed by atoms with E-state index in [9.17, 15) is 4.79 Å². The van der Waals surface area contributed by atoms with Crippen LogP contribution in [-0.2, 0) is 0 Å². The zero-order valence-corrected chi connectivity index (χ0v) is 8.99. The molecular weight excluding hydrogens is 194 g/mol. The Kier molecular flexibility index (Phi) is 2.62. The van der Waals surface area contributed by atoms with Crippen LogP contribution in [0.5, 0.6) is 0 Å². The molecule has 1 atom stereocenters. The number of rotatable bonds is 1. The van der Waals surface area contributed by atoms with Gasteiger partial charge in [0.05, 0.1) is 11.7 Å². The third-order valence-electron chi connectivity index (χ3n) is 2.70. The summed E-state index contributed by atoms with van der Waals surface area (Å²) in [4.78, 5) is 13.3. The molecule has 1 aromatic heterocycles. The molecule has 2 amide bonds. The van der Waals surface area contributed by atoms with Gasteiger partial charge in [-0.05, 0) is 19.8 Å². The predicted octanol–water partition coefficient (Wildman–Crippen LogP) is 1.46. The minimum atomic E-state index is -0.0495. The van der Waals surface area contributed by atoms with Crippen molar-refractivity contribution in [3.8, 4) is 0 Å². The summed E-state index contributed by atoms with van der Waals surface area (Å²) in [6, 6.07) is 1.89. The summed E-state index contributed by atoms with van der Waals surface area (Å²) in [5.41, 5.74) is 0.855. The Bertz CT molecular complexity index is 361. The van der Waals surface area contributed by atoms with Crippen LogP contribution in [0.25, 0.3) is 0 Å². The molecule has 5 heteroatoms. The Morgan fingerprint density at radius 3 is 3.13 bits per heavy atom. The van der Waals surface area contributed by atoms with Crippen LogP contribution in [0.3, 0.4) is 0 Å². The molecule has 5 nitrogen and oxygen atoms in total. The van der Waals surface area contributed by atoms with Crippen molar-refractivity contribution in [3.05, 3.63) is 17.5 Å². The first-order valence-corrected chi connectivity index (χ1v) is 5.14. The van der Waals surface area contributed by atoms with Gasteiger partial charge < -0.3 is 14.7 Å². The van der Waals surface area contributed by atoms with E-state index in [-0.39, 0.29) is 12.1 Å². The molecule has 1 aromatic rings. The normalized spacial score (nSPS) is 20.7. The van der Waals surface area contributed by atoms with Gasteiger partial charge in [0.2, 0.25) is 0 Å². The van der Waals surface area contributed by atoms with E-state index in [1.807, 2.05) is 13.0 Å². The van der Waals surface area contributed by atoms with E-state index in [0.717, 1.165) is 30.8 Å². The molecule has 0 bridgehead atoms. The molecule has 0 aliphatic carbocycles. The fourth-order valence-corrected chi connectivity index (χ4v) is 1.99. The van der Waals surface area contributed by atoms with Gasteiger partial charge >= 0.3 is 6.03 Å². The Hall–Kier alpha value is -1.52. The maximum atomic E-state index is 11.6. The zero-order valence-electron chi connectivity index (χ0n) is 8.99. The molecule has 1 saturated heterocycles. The van der Waals surface area contributed by atoms with E-state index in [4.69, 9.17) is 4.52 Å². The van der Waals surface area contributed by atoms with Crippen molar-refractivity contribution < 1.29 is 9.32 Å². The summed E-state index contributed by atoms with van der Waals surface area (Å²) < 4.78 is 5.20. The van der Waals surface area contributed by atoms with Crippen molar-refractivity contribution in [2.24, 2.45) is 0 Å². The molecule has 0 aromatic carbocycles. The number of nitrogens with one attached hydrogen (secondary N) is 1. The monoisotopic (exact) mass is 209 g/mol. The first-order valence-electron chi connectivity index (χ1n) is 5.14. The van der Waals surface area contributed by atoms with E-state index in [1.54, 1.807) is 11.9 Å². The highest BCUT2D eigenvalue weighted by Gasteiger charge is 2.31. The van der Waals surface area contributed by atoms with Crippen LogP contribution < -0.4 is 5.32 Å². The van der Waals surface area contributed by atoms with Gasteiger partial charge in [0.15, 0.2) is 5.76 Å². The van der Waals surface area contributed by atoms with Gasteiger partial charge in [-0.1, -0.05) is 5.16 Å². The van der Waals surface area contributed by atoms with Gasteiger partial charge in [-0.2, -0.15) is 0 Å². The number of hydrogen-bond acceptors (Lipinski definition) is 3. The van der Waals surface area contributed by atoms with E-state index in [1.165, 1.54) is 0 Å². The Balaban J connectivity index is 2.18. The van der Waals surface area contributed by atoms with Crippen molar-refractivity contribution in [2.45, 2.75) is 25.8 Å². The number of nitrogens with zero attached hydrogens (tertiary/aromatic N) is 2. The highest BCUT2D eigenvalue weighted by molar-refractivity contribution is 5.74. The van der Waals surface area contributed by atoms with Crippen molar-refractivity contribution >= 4 is 6.03 Å². The van der Waals surface area contributed by atoms with Crippen molar-refractivity contribution in [3.63, 3.8) is 0 Å². The average Bonchev–Trinajstić information content (AvgIpc) is 2.84. The van der Waals surface area contributed by atoms with Crippen molar-refractivity contribution in [1.82, 2.24) is 15.4 Å². The lowest BCUT2D eigenvalue weighted by Crippen LogP contribution is -2.37. The minimum absolute atomic E-state index is 0.0474. The smallest absolute Gasteiger partial charge is 0.317 e. The maximum Gasteiger partial charge on any atom is 0.317 e. The van der Waals surface area contributed by atoms with Gasteiger partial charge in [0.1, 0.15) is 0 Å². The molecule has 0 radical (unpaired) electrons. The van der Waals surface area contributed by atoms with E-state index in [0.29, 0.717) is 0 Å². The van der Waals surface area contributed by atoms with Crippen LogP contribution in [-0.4, -0.2) is 29.7 Å². The molecule has 1 unspecified atom stereocenters. The zero-order chi connectivity index (χ0) is 10.8. The first kappa shape index (κ1) is 10.0. The van der Waals surface area contributed by atoms with Crippen LogP contribution in [0.1, 0.15) is 30.3 Å². The van der Waals surface area contributed by atoms with Gasteiger partial charge in [-0.3, -0.25) is 0 Å². The molecule has 0 saturated carbocycles. The van der Waals surface area contributed by atoms with Gasteiger partial charge in [-0.15, -0.1) is 0 Å². The molecule has 82 valence electrons. The third-order valence-corrected chi connectivity index (χ3v) is 2.70. The number of hydrogen-bond donors (Lipinski definition) is 1. The molecule has 1 aliphatic heterocycles. The van der Waals surface area contributed by atoms with Crippen molar-refractivity contribution in [2.75, 3.05) is 13.6 Å². The summed E-state index contributed by atoms with van der Waals surface area (Å²) >= 11 is 0. The standard InChI is InChI=1S/C10H15N3O2/c1-7-6-9(15-12-7)8-4-3-5-13(8)10(14)11-2/h6,8H,3-5H2,1-2H3,(H,11,14). The lowest BCUT2D eigenvalue weighted by Gasteiger charge is -2.21. The van der Waals surface area contributed by atoms with Gasteiger partial charge in [-0.25, -0.2) is 4.79 Å². The quantitative estimate of drug-likeness (QED) is 0.761. The van der Waals surface area contributed by atoms with Gasteiger partial charge in [0, 0.05) is 19.7 Å². The summed E-state index contributed by atoms with van der Waals surface area (Å²) in [5, 5.41) is 6.49.